The molecule has 0 saturated heterocycles. The highest BCUT2D eigenvalue weighted by Gasteiger charge is 2.56. The van der Waals surface area contributed by atoms with E-state index in [0.29, 0.717) is 25.8 Å². The Hall–Kier alpha value is -2.04. The molecule has 0 heterocycles. The zero-order valence-corrected chi connectivity index (χ0v) is 14.3. The number of rotatable bonds is 7. The van der Waals surface area contributed by atoms with Gasteiger partial charge < -0.3 is 15.4 Å². The van der Waals surface area contributed by atoms with Gasteiger partial charge >= 0.3 is 0 Å². The van der Waals surface area contributed by atoms with Crippen LogP contribution in [0.1, 0.15) is 44.1 Å². The molecular weight excluding hydrogens is 304 g/mol. The number of para-hydroxylation sites is 1. The minimum Gasteiger partial charge on any atom is -0.496 e. The van der Waals surface area contributed by atoms with E-state index in [0.717, 1.165) is 24.2 Å². The van der Waals surface area contributed by atoms with Gasteiger partial charge in [0, 0.05) is 12.6 Å². The van der Waals surface area contributed by atoms with Crippen LogP contribution in [0.15, 0.2) is 24.3 Å². The summed E-state index contributed by atoms with van der Waals surface area (Å²) in [6, 6.07) is 8.04. The smallest absolute Gasteiger partial charge is 0.235 e. The summed E-state index contributed by atoms with van der Waals surface area (Å²) in [4.78, 5) is 25.0. The summed E-state index contributed by atoms with van der Waals surface area (Å²) in [6.07, 6.45) is 6.43. The van der Waals surface area contributed by atoms with Crippen LogP contribution in [0.25, 0.3) is 0 Å². The molecule has 24 heavy (non-hydrogen) atoms. The third-order valence-electron chi connectivity index (χ3n) is 5.18. The van der Waals surface area contributed by atoms with Crippen LogP contribution in [0, 0.1) is 5.41 Å². The zero-order chi connectivity index (χ0) is 17.0. The number of methoxy groups -OCH3 is 1. The number of benzene rings is 1. The Morgan fingerprint density at radius 2 is 1.88 bits per heavy atom. The molecule has 0 radical (unpaired) electrons. The summed E-state index contributed by atoms with van der Waals surface area (Å²) in [7, 11) is 1.64. The maximum Gasteiger partial charge on any atom is 0.235 e. The molecule has 2 aliphatic carbocycles. The van der Waals surface area contributed by atoms with Crippen LogP contribution in [0.5, 0.6) is 5.75 Å². The Morgan fingerprint density at radius 1 is 1.17 bits per heavy atom. The fraction of sp³-hybridized carbons (Fsp3) is 0.579. The molecular formula is C19H26N2O3. The van der Waals surface area contributed by atoms with Gasteiger partial charge in [0.1, 0.15) is 11.2 Å². The number of hydrogen-bond acceptors (Lipinski definition) is 3. The van der Waals surface area contributed by atoms with Crippen molar-refractivity contribution >= 4 is 11.8 Å². The average molecular weight is 330 g/mol. The van der Waals surface area contributed by atoms with E-state index in [2.05, 4.69) is 10.6 Å². The molecule has 0 atom stereocenters. The molecule has 2 saturated carbocycles. The maximum absolute atomic E-state index is 12.5. The number of ether oxygens (including phenoxy) is 1. The van der Waals surface area contributed by atoms with Crippen LogP contribution in [0.4, 0.5) is 0 Å². The average Bonchev–Trinajstić information content (AvgIpc) is 3.27. The second kappa shape index (κ2) is 7.24. The Bertz CT molecular complexity index is 604. The number of carbonyl (C=O) groups excluding carboxylic acids is 2. The van der Waals surface area contributed by atoms with Crippen LogP contribution in [-0.2, 0) is 16.0 Å². The second-order valence-corrected chi connectivity index (χ2v) is 6.85. The van der Waals surface area contributed by atoms with Crippen LogP contribution in [0.3, 0.4) is 0 Å². The highest BCUT2D eigenvalue weighted by molar-refractivity contribution is 6.07. The van der Waals surface area contributed by atoms with E-state index in [1.807, 2.05) is 24.3 Å². The first-order chi connectivity index (χ1) is 11.7. The lowest BCUT2D eigenvalue weighted by atomic mass is 10.0. The van der Waals surface area contributed by atoms with Gasteiger partial charge in [0.15, 0.2) is 0 Å². The third-order valence-corrected chi connectivity index (χ3v) is 5.18. The first-order valence-corrected chi connectivity index (χ1v) is 8.87. The lowest BCUT2D eigenvalue weighted by Crippen LogP contribution is -2.46. The van der Waals surface area contributed by atoms with E-state index in [1.165, 1.54) is 12.8 Å². The number of hydrogen-bond donors (Lipinski definition) is 2. The van der Waals surface area contributed by atoms with Crippen molar-refractivity contribution in [2.24, 2.45) is 5.41 Å². The summed E-state index contributed by atoms with van der Waals surface area (Å²) < 4.78 is 5.32. The van der Waals surface area contributed by atoms with E-state index >= 15 is 0 Å². The van der Waals surface area contributed by atoms with E-state index in [-0.39, 0.29) is 17.9 Å². The molecule has 5 heteroatoms. The van der Waals surface area contributed by atoms with Crippen LogP contribution in [-0.4, -0.2) is 31.5 Å². The highest BCUT2D eigenvalue weighted by Crippen LogP contribution is 2.46. The molecule has 0 bridgehead atoms. The van der Waals surface area contributed by atoms with Crippen molar-refractivity contribution in [3.8, 4) is 5.75 Å². The minimum absolute atomic E-state index is 0.0795. The van der Waals surface area contributed by atoms with Crippen molar-refractivity contribution in [3.63, 3.8) is 0 Å². The molecule has 0 aromatic heterocycles. The van der Waals surface area contributed by atoms with Crippen molar-refractivity contribution in [3.05, 3.63) is 29.8 Å². The molecule has 2 fully saturated rings. The van der Waals surface area contributed by atoms with Gasteiger partial charge in [-0.15, -0.1) is 0 Å². The first-order valence-electron chi connectivity index (χ1n) is 8.87. The largest absolute Gasteiger partial charge is 0.496 e. The minimum atomic E-state index is -0.816. The fourth-order valence-corrected chi connectivity index (χ4v) is 3.47. The lowest BCUT2D eigenvalue weighted by Gasteiger charge is -2.19. The molecule has 0 aliphatic heterocycles. The van der Waals surface area contributed by atoms with E-state index in [9.17, 15) is 9.59 Å². The third kappa shape index (κ3) is 3.55. The van der Waals surface area contributed by atoms with Gasteiger partial charge in [-0.3, -0.25) is 9.59 Å². The van der Waals surface area contributed by atoms with Gasteiger partial charge in [0.2, 0.25) is 11.8 Å². The Kier molecular flexibility index (Phi) is 5.07. The standard InChI is InChI=1S/C19H26N2O3/c1-24-16-9-5-2-6-14(16)10-13-20-17(22)19(11-12-19)18(23)21-15-7-3-4-8-15/h2,5-6,9,15H,3-4,7-8,10-13H2,1H3,(H,20,22)(H,21,23). The predicted molar refractivity (Wildman–Crippen MR) is 91.8 cm³/mol. The number of amides is 2. The number of carbonyl (C=O) groups is 2. The Morgan fingerprint density at radius 3 is 2.54 bits per heavy atom. The SMILES string of the molecule is COc1ccccc1CCNC(=O)C1(C(=O)NC2CCCC2)CC1. The van der Waals surface area contributed by atoms with Crippen molar-refractivity contribution in [1.82, 2.24) is 10.6 Å². The molecule has 0 spiro atoms. The van der Waals surface area contributed by atoms with Gasteiger partial charge in [-0.05, 0) is 43.7 Å². The molecule has 1 aromatic carbocycles. The summed E-state index contributed by atoms with van der Waals surface area (Å²) in [6.45, 7) is 0.512. The van der Waals surface area contributed by atoms with Crippen LogP contribution >= 0.6 is 0 Å². The van der Waals surface area contributed by atoms with E-state index < -0.39 is 5.41 Å². The molecule has 5 nitrogen and oxygen atoms in total. The van der Waals surface area contributed by atoms with Crippen molar-refractivity contribution in [1.29, 1.82) is 0 Å². The quantitative estimate of drug-likeness (QED) is 0.753. The normalized spacial score (nSPS) is 18.9. The predicted octanol–water partition coefficient (Wildman–Crippen LogP) is 2.19. The van der Waals surface area contributed by atoms with E-state index in [4.69, 9.17) is 4.74 Å². The highest BCUT2D eigenvalue weighted by atomic mass is 16.5. The van der Waals surface area contributed by atoms with Crippen molar-refractivity contribution < 1.29 is 14.3 Å². The topological polar surface area (TPSA) is 67.4 Å². The maximum atomic E-state index is 12.5. The summed E-state index contributed by atoms with van der Waals surface area (Å²) >= 11 is 0. The molecule has 2 N–H and O–H groups in total. The van der Waals surface area contributed by atoms with Crippen molar-refractivity contribution in [2.75, 3.05) is 13.7 Å². The second-order valence-electron chi connectivity index (χ2n) is 6.85. The molecule has 3 rings (SSSR count). The molecule has 2 amide bonds. The first kappa shape index (κ1) is 16.8. The van der Waals surface area contributed by atoms with Crippen LogP contribution in [0.2, 0.25) is 0 Å². The summed E-state index contributed by atoms with van der Waals surface area (Å²) in [5.74, 6) is 0.615. The summed E-state index contributed by atoms with van der Waals surface area (Å²) in [5.41, 5.74) is 0.240. The van der Waals surface area contributed by atoms with Gasteiger partial charge in [-0.25, -0.2) is 0 Å². The monoisotopic (exact) mass is 330 g/mol. The number of nitrogens with one attached hydrogen (secondary N) is 2. The van der Waals surface area contributed by atoms with Gasteiger partial charge in [-0.2, -0.15) is 0 Å². The van der Waals surface area contributed by atoms with Crippen molar-refractivity contribution in [2.45, 2.75) is 51.0 Å². The molecule has 1 aromatic rings. The fourth-order valence-electron chi connectivity index (χ4n) is 3.47. The van der Waals surface area contributed by atoms with Gasteiger partial charge in [0.05, 0.1) is 7.11 Å². The summed E-state index contributed by atoms with van der Waals surface area (Å²) in [5, 5.41) is 6.00. The zero-order valence-electron chi connectivity index (χ0n) is 14.3. The van der Waals surface area contributed by atoms with Gasteiger partial charge in [0.25, 0.3) is 0 Å². The van der Waals surface area contributed by atoms with Gasteiger partial charge in [-0.1, -0.05) is 31.0 Å². The molecule has 2 aliphatic rings. The molecule has 130 valence electrons. The Labute approximate surface area is 143 Å². The van der Waals surface area contributed by atoms with E-state index in [1.54, 1.807) is 7.11 Å². The Balaban J connectivity index is 1.50. The van der Waals surface area contributed by atoms with Crippen LogP contribution < -0.4 is 15.4 Å². The molecule has 0 unspecified atom stereocenters. The lowest BCUT2D eigenvalue weighted by molar-refractivity contribution is -0.137.